The predicted molar refractivity (Wildman–Crippen MR) is 83.7 cm³/mol. The molecular weight excluding hydrogens is 368 g/mol. The predicted octanol–water partition coefficient (Wildman–Crippen LogP) is -0.367. The first-order chi connectivity index (χ1) is 12.5. The second-order valence-electron chi connectivity index (χ2n) is 5.68. The van der Waals surface area contributed by atoms with E-state index in [1.54, 1.807) is 0 Å². The molecule has 11 nitrogen and oxygen atoms in total. The zero-order valence-corrected chi connectivity index (χ0v) is 15.6. The molecule has 5 atom stereocenters. The second-order valence-corrected chi connectivity index (χ2v) is 5.68. The van der Waals surface area contributed by atoms with Crippen LogP contribution in [-0.4, -0.2) is 67.2 Å². The lowest BCUT2D eigenvalue weighted by Crippen LogP contribution is -2.46. The highest BCUT2D eigenvalue weighted by Crippen LogP contribution is 2.31. The molecule has 1 heterocycles. The third-order valence-corrected chi connectivity index (χ3v) is 3.23. The van der Waals surface area contributed by atoms with Crippen LogP contribution in [0.2, 0.25) is 0 Å². The molecule has 0 spiro atoms. The first-order valence-corrected chi connectivity index (χ1v) is 7.99. The molecule has 0 aromatic rings. The maximum absolute atomic E-state index is 11.5. The fraction of sp³-hybridized carbons (Fsp3) is 0.688. The van der Waals surface area contributed by atoms with Crippen LogP contribution in [0, 0.1) is 0 Å². The highest BCUT2D eigenvalue weighted by atomic mass is 16.8. The standard InChI is InChI=1S/C16H22O11/c1-7(17)22-6-12(23-8(2)18)13-14(24-9(3)19)15(25-10(4)20)16(27-13)26-11(5)21/h12-16H,6H2,1-5H3/t12-,13+,14+,15+,16-/m1/s1. The molecule has 1 aliphatic heterocycles. The molecule has 0 aromatic carbocycles. The van der Waals surface area contributed by atoms with E-state index in [9.17, 15) is 24.0 Å². The molecule has 1 rings (SSSR count). The van der Waals surface area contributed by atoms with E-state index in [0.717, 1.165) is 34.6 Å². The molecule has 1 saturated heterocycles. The molecule has 0 aliphatic carbocycles. The van der Waals surface area contributed by atoms with Crippen LogP contribution in [0.4, 0.5) is 0 Å². The Balaban J connectivity index is 3.20. The van der Waals surface area contributed by atoms with Crippen molar-refractivity contribution in [2.75, 3.05) is 6.61 Å². The summed E-state index contributed by atoms with van der Waals surface area (Å²) in [6.45, 7) is 5.15. The minimum Gasteiger partial charge on any atom is -0.462 e. The molecule has 27 heavy (non-hydrogen) atoms. The Morgan fingerprint density at radius 2 is 1.26 bits per heavy atom. The van der Waals surface area contributed by atoms with Crippen LogP contribution in [0.15, 0.2) is 0 Å². The van der Waals surface area contributed by atoms with Crippen molar-refractivity contribution in [3.05, 3.63) is 0 Å². The Morgan fingerprint density at radius 3 is 1.70 bits per heavy atom. The maximum atomic E-state index is 11.5. The number of rotatable bonds is 7. The highest BCUT2D eigenvalue weighted by molar-refractivity contribution is 5.69. The minimum atomic E-state index is -1.42. The molecular formula is C16H22O11. The van der Waals surface area contributed by atoms with E-state index < -0.39 is 67.2 Å². The van der Waals surface area contributed by atoms with Gasteiger partial charge in [0.1, 0.15) is 12.7 Å². The Labute approximate surface area is 155 Å². The topological polar surface area (TPSA) is 141 Å². The molecule has 0 unspecified atom stereocenters. The number of esters is 5. The normalized spacial score (nSPS) is 25.1. The monoisotopic (exact) mass is 390 g/mol. The van der Waals surface area contributed by atoms with Crippen LogP contribution < -0.4 is 0 Å². The Bertz CT molecular complexity index is 599. The molecule has 1 fully saturated rings. The molecule has 152 valence electrons. The van der Waals surface area contributed by atoms with Gasteiger partial charge in [-0.2, -0.15) is 0 Å². The number of carbonyl (C=O) groups is 5. The summed E-state index contributed by atoms with van der Waals surface area (Å²) in [6, 6.07) is 0. The van der Waals surface area contributed by atoms with Crippen LogP contribution in [0.1, 0.15) is 34.6 Å². The summed E-state index contributed by atoms with van der Waals surface area (Å²) in [6.07, 6.45) is -6.46. The van der Waals surface area contributed by atoms with Crippen molar-refractivity contribution in [3.63, 3.8) is 0 Å². The number of carbonyl (C=O) groups excluding carboxylic acids is 5. The highest BCUT2D eigenvalue weighted by Gasteiger charge is 2.55. The largest absolute Gasteiger partial charge is 0.462 e. The van der Waals surface area contributed by atoms with Crippen LogP contribution in [0.5, 0.6) is 0 Å². The van der Waals surface area contributed by atoms with E-state index in [0.29, 0.717) is 0 Å². The van der Waals surface area contributed by atoms with Crippen molar-refractivity contribution in [1.82, 2.24) is 0 Å². The van der Waals surface area contributed by atoms with Crippen molar-refractivity contribution in [1.29, 1.82) is 0 Å². The van der Waals surface area contributed by atoms with E-state index in [2.05, 4.69) is 0 Å². The zero-order valence-electron chi connectivity index (χ0n) is 15.6. The van der Waals surface area contributed by atoms with Crippen molar-refractivity contribution < 1.29 is 52.4 Å². The van der Waals surface area contributed by atoms with Crippen molar-refractivity contribution in [2.45, 2.75) is 65.3 Å². The van der Waals surface area contributed by atoms with Gasteiger partial charge in [0.25, 0.3) is 0 Å². The summed E-state index contributed by atoms with van der Waals surface area (Å²) in [5.74, 6) is -3.62. The average Bonchev–Trinajstić information content (AvgIpc) is 2.79. The van der Waals surface area contributed by atoms with E-state index in [1.165, 1.54) is 0 Å². The quantitative estimate of drug-likeness (QED) is 0.415. The summed E-state index contributed by atoms with van der Waals surface area (Å²) in [7, 11) is 0. The fourth-order valence-electron chi connectivity index (χ4n) is 2.46. The van der Waals surface area contributed by atoms with Gasteiger partial charge in [-0.3, -0.25) is 24.0 Å². The number of ether oxygens (including phenoxy) is 6. The Morgan fingerprint density at radius 1 is 0.741 bits per heavy atom. The number of hydrogen-bond donors (Lipinski definition) is 0. The molecule has 0 aromatic heterocycles. The van der Waals surface area contributed by atoms with Gasteiger partial charge in [-0.25, -0.2) is 0 Å². The zero-order chi connectivity index (χ0) is 20.7. The maximum Gasteiger partial charge on any atom is 0.305 e. The molecule has 0 amide bonds. The van der Waals surface area contributed by atoms with Gasteiger partial charge in [0.05, 0.1) is 0 Å². The van der Waals surface area contributed by atoms with Crippen LogP contribution in [0.25, 0.3) is 0 Å². The van der Waals surface area contributed by atoms with Crippen LogP contribution >= 0.6 is 0 Å². The molecule has 0 radical (unpaired) electrons. The van der Waals surface area contributed by atoms with Crippen LogP contribution in [-0.2, 0) is 52.4 Å². The third kappa shape index (κ3) is 7.21. The van der Waals surface area contributed by atoms with Gasteiger partial charge in [-0.05, 0) is 0 Å². The van der Waals surface area contributed by atoms with Gasteiger partial charge in [0.2, 0.25) is 12.4 Å². The smallest absolute Gasteiger partial charge is 0.305 e. The fourth-order valence-corrected chi connectivity index (χ4v) is 2.46. The summed E-state index contributed by atoms with van der Waals surface area (Å²) in [5, 5.41) is 0. The lowest BCUT2D eigenvalue weighted by Gasteiger charge is -2.27. The molecule has 11 heteroatoms. The average molecular weight is 390 g/mol. The lowest BCUT2D eigenvalue weighted by molar-refractivity contribution is -0.203. The van der Waals surface area contributed by atoms with E-state index in [1.807, 2.05) is 0 Å². The summed E-state index contributed by atoms with van der Waals surface area (Å²) in [5.41, 5.74) is 0. The van der Waals surface area contributed by atoms with Gasteiger partial charge >= 0.3 is 29.8 Å². The Hall–Kier alpha value is -2.69. The Kier molecular flexibility index (Phi) is 8.16. The lowest BCUT2D eigenvalue weighted by atomic mass is 10.1. The van der Waals surface area contributed by atoms with Crippen molar-refractivity contribution in [3.8, 4) is 0 Å². The van der Waals surface area contributed by atoms with Crippen molar-refractivity contribution >= 4 is 29.8 Å². The van der Waals surface area contributed by atoms with Gasteiger partial charge in [0.15, 0.2) is 12.2 Å². The van der Waals surface area contributed by atoms with Gasteiger partial charge < -0.3 is 28.4 Å². The summed E-state index contributed by atoms with van der Waals surface area (Å²) < 4.78 is 30.7. The van der Waals surface area contributed by atoms with Crippen LogP contribution in [0.3, 0.4) is 0 Å². The van der Waals surface area contributed by atoms with E-state index >= 15 is 0 Å². The molecule has 1 aliphatic rings. The minimum absolute atomic E-state index is 0.420. The summed E-state index contributed by atoms with van der Waals surface area (Å²) >= 11 is 0. The van der Waals surface area contributed by atoms with Gasteiger partial charge in [-0.15, -0.1) is 0 Å². The first kappa shape index (κ1) is 22.4. The number of hydrogen-bond acceptors (Lipinski definition) is 11. The molecule has 0 bridgehead atoms. The second kappa shape index (κ2) is 9.86. The van der Waals surface area contributed by atoms with Gasteiger partial charge in [-0.1, -0.05) is 0 Å². The first-order valence-electron chi connectivity index (χ1n) is 7.99. The molecule has 0 saturated carbocycles. The molecule has 0 N–H and O–H groups in total. The van der Waals surface area contributed by atoms with Gasteiger partial charge in [0, 0.05) is 34.6 Å². The summed E-state index contributed by atoms with van der Waals surface area (Å²) in [4.78, 5) is 56.7. The SMILES string of the molecule is CC(=O)OC[C@@H](OC(C)=O)[C@@H]1O[C@@H](OC(C)=O)[C@@H](OC(C)=O)[C@H]1OC(C)=O. The van der Waals surface area contributed by atoms with E-state index in [-0.39, 0.29) is 0 Å². The van der Waals surface area contributed by atoms with Crippen molar-refractivity contribution in [2.24, 2.45) is 0 Å². The third-order valence-electron chi connectivity index (χ3n) is 3.23. The van der Waals surface area contributed by atoms with E-state index in [4.69, 9.17) is 28.4 Å².